The van der Waals surface area contributed by atoms with Crippen LogP contribution in [0.4, 0.5) is 0 Å². The zero-order chi connectivity index (χ0) is 14.8. The lowest BCUT2D eigenvalue weighted by atomic mass is 10.1. The maximum Gasteiger partial charge on any atom is 0.162 e. The number of methoxy groups -OCH3 is 2. The standard InChI is InChI=1S/C16H15N3O2/c1-10-12-7-14(20-2)15(21-3)8-13(12)19-16(18-10)11-5-4-6-17-9-11/h4-9H,1-3H3. The van der Waals surface area contributed by atoms with Crippen LogP contribution in [0.5, 0.6) is 11.5 Å². The van der Waals surface area contributed by atoms with E-state index in [-0.39, 0.29) is 0 Å². The molecule has 2 aromatic heterocycles. The molecule has 0 fully saturated rings. The predicted octanol–water partition coefficient (Wildman–Crippen LogP) is 3.02. The fraction of sp³-hybridized carbons (Fsp3) is 0.188. The molecule has 5 heteroatoms. The highest BCUT2D eigenvalue weighted by atomic mass is 16.5. The van der Waals surface area contributed by atoms with Gasteiger partial charge < -0.3 is 9.47 Å². The van der Waals surface area contributed by atoms with E-state index in [1.54, 1.807) is 26.6 Å². The molecule has 106 valence electrons. The van der Waals surface area contributed by atoms with Gasteiger partial charge in [0, 0.05) is 35.1 Å². The number of ether oxygens (including phenoxy) is 2. The average Bonchev–Trinajstić information content (AvgIpc) is 2.54. The van der Waals surface area contributed by atoms with Crippen molar-refractivity contribution >= 4 is 10.9 Å². The summed E-state index contributed by atoms with van der Waals surface area (Å²) in [5.74, 6) is 1.98. The summed E-state index contributed by atoms with van der Waals surface area (Å²) in [7, 11) is 3.23. The van der Waals surface area contributed by atoms with Crippen molar-refractivity contribution in [2.75, 3.05) is 14.2 Å². The highest BCUT2D eigenvalue weighted by Crippen LogP contribution is 2.33. The molecule has 0 saturated heterocycles. The third kappa shape index (κ3) is 2.38. The van der Waals surface area contributed by atoms with E-state index < -0.39 is 0 Å². The van der Waals surface area contributed by atoms with Crippen LogP contribution < -0.4 is 9.47 Å². The zero-order valence-electron chi connectivity index (χ0n) is 12.1. The molecule has 0 aliphatic heterocycles. The van der Waals surface area contributed by atoms with Crippen molar-refractivity contribution in [3.8, 4) is 22.9 Å². The molecule has 0 aliphatic carbocycles. The Kier molecular flexibility index (Phi) is 3.39. The second-order valence-electron chi connectivity index (χ2n) is 4.60. The van der Waals surface area contributed by atoms with Gasteiger partial charge in [0.15, 0.2) is 17.3 Å². The lowest BCUT2D eigenvalue weighted by Crippen LogP contribution is -1.97. The van der Waals surface area contributed by atoms with Gasteiger partial charge in [0.05, 0.1) is 19.7 Å². The van der Waals surface area contributed by atoms with Gasteiger partial charge in [-0.15, -0.1) is 0 Å². The predicted molar refractivity (Wildman–Crippen MR) is 80.6 cm³/mol. The molecule has 5 nitrogen and oxygen atoms in total. The van der Waals surface area contributed by atoms with Crippen LogP contribution in [0.15, 0.2) is 36.7 Å². The van der Waals surface area contributed by atoms with E-state index >= 15 is 0 Å². The normalized spacial score (nSPS) is 10.6. The van der Waals surface area contributed by atoms with Gasteiger partial charge in [-0.25, -0.2) is 9.97 Å². The van der Waals surface area contributed by atoms with Crippen molar-refractivity contribution < 1.29 is 9.47 Å². The number of benzene rings is 1. The average molecular weight is 281 g/mol. The fourth-order valence-electron chi connectivity index (χ4n) is 2.23. The minimum absolute atomic E-state index is 0.653. The number of hydrogen-bond acceptors (Lipinski definition) is 5. The summed E-state index contributed by atoms with van der Waals surface area (Å²) < 4.78 is 10.7. The van der Waals surface area contributed by atoms with Gasteiger partial charge in [0.1, 0.15) is 0 Å². The maximum absolute atomic E-state index is 5.33. The second kappa shape index (κ2) is 5.36. The Bertz CT molecular complexity index is 788. The number of nitrogens with zero attached hydrogens (tertiary/aromatic N) is 3. The van der Waals surface area contributed by atoms with Crippen LogP contribution in [0.2, 0.25) is 0 Å². The summed E-state index contributed by atoms with van der Waals surface area (Å²) in [6, 6.07) is 7.57. The van der Waals surface area contributed by atoms with Crippen molar-refractivity contribution in [3.05, 3.63) is 42.4 Å². The summed E-state index contributed by atoms with van der Waals surface area (Å²) in [6.07, 6.45) is 3.48. The van der Waals surface area contributed by atoms with Crippen molar-refractivity contribution in [1.82, 2.24) is 15.0 Å². The van der Waals surface area contributed by atoms with Gasteiger partial charge in [0.2, 0.25) is 0 Å². The topological polar surface area (TPSA) is 57.1 Å². The number of pyridine rings is 1. The number of rotatable bonds is 3. The Morgan fingerprint density at radius 2 is 1.76 bits per heavy atom. The first-order valence-electron chi connectivity index (χ1n) is 6.53. The lowest BCUT2D eigenvalue weighted by Gasteiger charge is -2.11. The number of aromatic nitrogens is 3. The molecule has 0 spiro atoms. The monoisotopic (exact) mass is 281 g/mol. The van der Waals surface area contributed by atoms with Gasteiger partial charge >= 0.3 is 0 Å². The number of hydrogen-bond donors (Lipinski definition) is 0. The molecule has 3 rings (SSSR count). The maximum atomic E-state index is 5.33. The van der Waals surface area contributed by atoms with E-state index in [1.807, 2.05) is 31.2 Å². The van der Waals surface area contributed by atoms with E-state index in [4.69, 9.17) is 9.47 Å². The molecule has 0 radical (unpaired) electrons. The zero-order valence-corrected chi connectivity index (χ0v) is 12.1. The van der Waals surface area contributed by atoms with E-state index in [0.29, 0.717) is 17.3 Å². The van der Waals surface area contributed by atoms with Crippen molar-refractivity contribution in [2.24, 2.45) is 0 Å². The van der Waals surface area contributed by atoms with E-state index in [1.165, 1.54) is 0 Å². The molecule has 1 aromatic carbocycles. The molecule has 0 N–H and O–H groups in total. The Labute approximate surface area is 122 Å². The Hall–Kier alpha value is -2.69. The number of fused-ring (bicyclic) bond motifs is 1. The van der Waals surface area contributed by atoms with Crippen LogP contribution >= 0.6 is 0 Å². The Morgan fingerprint density at radius 1 is 1.00 bits per heavy atom. The van der Waals surface area contributed by atoms with Gasteiger partial charge in [-0.3, -0.25) is 4.98 Å². The van der Waals surface area contributed by atoms with Crippen molar-refractivity contribution in [3.63, 3.8) is 0 Å². The lowest BCUT2D eigenvalue weighted by molar-refractivity contribution is 0.355. The van der Waals surface area contributed by atoms with E-state index in [2.05, 4.69) is 15.0 Å². The molecular formula is C16H15N3O2. The summed E-state index contributed by atoms with van der Waals surface area (Å²) >= 11 is 0. The third-order valence-corrected chi connectivity index (χ3v) is 3.31. The summed E-state index contributed by atoms with van der Waals surface area (Å²) in [5, 5.41) is 0.945. The minimum atomic E-state index is 0.653. The van der Waals surface area contributed by atoms with Crippen LogP contribution in [-0.4, -0.2) is 29.2 Å². The third-order valence-electron chi connectivity index (χ3n) is 3.31. The first-order valence-corrected chi connectivity index (χ1v) is 6.53. The van der Waals surface area contributed by atoms with Gasteiger partial charge in [0.25, 0.3) is 0 Å². The summed E-state index contributed by atoms with van der Waals surface area (Å²) in [5.41, 5.74) is 2.59. The molecule has 0 atom stereocenters. The van der Waals surface area contributed by atoms with E-state index in [0.717, 1.165) is 22.2 Å². The quantitative estimate of drug-likeness (QED) is 0.738. The van der Waals surface area contributed by atoms with Crippen LogP contribution in [0.25, 0.3) is 22.3 Å². The first kappa shape index (κ1) is 13.3. The fourth-order valence-corrected chi connectivity index (χ4v) is 2.23. The highest BCUT2D eigenvalue weighted by Gasteiger charge is 2.11. The van der Waals surface area contributed by atoms with Crippen LogP contribution in [0.1, 0.15) is 5.69 Å². The molecule has 0 saturated carbocycles. The summed E-state index contributed by atoms with van der Waals surface area (Å²) in [4.78, 5) is 13.3. The molecule has 21 heavy (non-hydrogen) atoms. The molecule has 0 amide bonds. The van der Waals surface area contributed by atoms with Crippen LogP contribution in [0.3, 0.4) is 0 Å². The number of aryl methyl sites for hydroxylation is 1. The van der Waals surface area contributed by atoms with Crippen molar-refractivity contribution in [2.45, 2.75) is 6.92 Å². The minimum Gasteiger partial charge on any atom is -0.493 e. The van der Waals surface area contributed by atoms with Gasteiger partial charge in [-0.2, -0.15) is 0 Å². The SMILES string of the molecule is COc1cc2nc(-c3cccnc3)nc(C)c2cc1OC. The summed E-state index contributed by atoms with van der Waals surface area (Å²) in [6.45, 7) is 1.95. The largest absolute Gasteiger partial charge is 0.493 e. The van der Waals surface area contributed by atoms with Crippen LogP contribution in [-0.2, 0) is 0 Å². The highest BCUT2D eigenvalue weighted by molar-refractivity contribution is 5.86. The van der Waals surface area contributed by atoms with Gasteiger partial charge in [-0.05, 0) is 25.1 Å². The smallest absolute Gasteiger partial charge is 0.162 e. The second-order valence-corrected chi connectivity index (χ2v) is 4.60. The van der Waals surface area contributed by atoms with Crippen molar-refractivity contribution in [1.29, 1.82) is 0 Å². The Balaban J connectivity index is 2.24. The first-order chi connectivity index (χ1) is 10.2. The Morgan fingerprint density at radius 3 is 2.43 bits per heavy atom. The molecular weight excluding hydrogens is 266 g/mol. The van der Waals surface area contributed by atoms with Crippen LogP contribution in [0, 0.1) is 6.92 Å². The molecule has 0 bridgehead atoms. The van der Waals surface area contributed by atoms with Gasteiger partial charge in [-0.1, -0.05) is 0 Å². The molecule has 0 aliphatic rings. The molecule has 2 heterocycles. The van der Waals surface area contributed by atoms with E-state index in [9.17, 15) is 0 Å². The molecule has 0 unspecified atom stereocenters. The molecule has 3 aromatic rings.